The molecule has 0 radical (unpaired) electrons. The van der Waals surface area contributed by atoms with Crippen LogP contribution >= 0.6 is 50.5 Å². The van der Waals surface area contributed by atoms with Crippen molar-refractivity contribution >= 4 is 65.8 Å². The van der Waals surface area contributed by atoms with E-state index in [-0.39, 0.29) is 0 Å². The predicted octanol–water partition coefficient (Wildman–Crippen LogP) is 4.80. The molecule has 1 aromatic carbocycles. The molecule has 80 valence electrons. The minimum atomic E-state index is 0.501. The molecule has 2 nitrogen and oxygen atoms in total. The fraction of sp³-hybridized carbons (Fsp3) is 0.222. The van der Waals surface area contributed by atoms with E-state index in [0.717, 1.165) is 26.4 Å². The molecule has 0 spiro atoms. The summed E-state index contributed by atoms with van der Waals surface area (Å²) < 4.78 is 1.82. The van der Waals surface area contributed by atoms with Gasteiger partial charge in [-0.25, -0.2) is 4.98 Å². The molecule has 2 aromatic rings. The van der Waals surface area contributed by atoms with Crippen molar-refractivity contribution in [2.24, 2.45) is 0 Å². The van der Waals surface area contributed by atoms with Crippen molar-refractivity contribution in [1.82, 2.24) is 4.98 Å². The highest BCUT2D eigenvalue weighted by Gasteiger charge is 2.12. The summed E-state index contributed by atoms with van der Waals surface area (Å²) in [6.07, 6.45) is 0. The summed E-state index contributed by atoms with van der Waals surface area (Å²) >= 11 is 17.0. The lowest BCUT2D eigenvalue weighted by molar-refractivity contribution is 1.20. The number of aromatic nitrogens is 1. The number of rotatable bonds is 2. The second-order valence-electron chi connectivity index (χ2n) is 2.88. The standard InChI is InChI=1S/C9H7BrCl2N2S/c1-2-13-9-14-8-5(15-9)3-4(10)6(11)7(8)12/h3H,2H2,1H3,(H,13,14). The zero-order valence-corrected chi connectivity index (χ0v) is 11.7. The maximum atomic E-state index is 6.10. The van der Waals surface area contributed by atoms with Crippen molar-refractivity contribution in [1.29, 1.82) is 0 Å². The number of benzene rings is 1. The van der Waals surface area contributed by atoms with Crippen molar-refractivity contribution in [2.75, 3.05) is 11.9 Å². The zero-order chi connectivity index (χ0) is 11.0. The summed E-state index contributed by atoms with van der Waals surface area (Å²) in [7, 11) is 0. The Morgan fingerprint density at radius 1 is 1.47 bits per heavy atom. The average Bonchev–Trinajstić information content (AvgIpc) is 2.58. The summed E-state index contributed by atoms with van der Waals surface area (Å²) in [5.74, 6) is 0. The second-order valence-corrected chi connectivity index (χ2v) is 5.52. The molecular formula is C9H7BrCl2N2S. The molecular weight excluding hydrogens is 319 g/mol. The minimum absolute atomic E-state index is 0.501. The van der Waals surface area contributed by atoms with Crippen molar-refractivity contribution in [3.8, 4) is 0 Å². The number of thiazole rings is 1. The van der Waals surface area contributed by atoms with Crippen LogP contribution in [0.15, 0.2) is 10.5 Å². The molecule has 0 unspecified atom stereocenters. The van der Waals surface area contributed by atoms with E-state index >= 15 is 0 Å². The Kier molecular flexibility index (Phi) is 3.40. The summed E-state index contributed by atoms with van der Waals surface area (Å²) in [5.41, 5.74) is 0.755. The number of hydrogen-bond acceptors (Lipinski definition) is 3. The predicted molar refractivity (Wildman–Crippen MR) is 71.5 cm³/mol. The van der Waals surface area contributed by atoms with Crippen LogP contribution in [0.2, 0.25) is 10.0 Å². The van der Waals surface area contributed by atoms with Crippen molar-refractivity contribution in [2.45, 2.75) is 6.92 Å². The van der Waals surface area contributed by atoms with Crippen LogP contribution in [0.4, 0.5) is 5.13 Å². The molecule has 6 heteroatoms. The average molecular weight is 326 g/mol. The topological polar surface area (TPSA) is 24.9 Å². The summed E-state index contributed by atoms with van der Waals surface area (Å²) in [6.45, 7) is 2.86. The molecule has 15 heavy (non-hydrogen) atoms. The molecule has 1 heterocycles. The van der Waals surface area contributed by atoms with Gasteiger partial charge in [0, 0.05) is 11.0 Å². The molecule has 0 bridgehead atoms. The van der Waals surface area contributed by atoms with Crippen LogP contribution in [0.3, 0.4) is 0 Å². The Hall–Kier alpha value is -0.0300. The van der Waals surface area contributed by atoms with E-state index in [4.69, 9.17) is 23.2 Å². The Morgan fingerprint density at radius 3 is 2.87 bits per heavy atom. The molecule has 0 saturated heterocycles. The molecule has 0 aliphatic heterocycles. The van der Waals surface area contributed by atoms with E-state index < -0.39 is 0 Å². The van der Waals surface area contributed by atoms with E-state index in [1.54, 1.807) is 11.3 Å². The third kappa shape index (κ3) is 2.09. The number of nitrogens with zero attached hydrogens (tertiary/aromatic N) is 1. The molecule has 0 saturated carbocycles. The van der Waals surface area contributed by atoms with E-state index in [1.807, 2.05) is 13.0 Å². The lowest BCUT2D eigenvalue weighted by Gasteiger charge is -1.98. The molecule has 0 amide bonds. The summed E-state index contributed by atoms with van der Waals surface area (Å²) in [4.78, 5) is 4.37. The largest absolute Gasteiger partial charge is 0.362 e. The molecule has 0 aliphatic carbocycles. The highest BCUT2D eigenvalue weighted by molar-refractivity contribution is 9.10. The van der Waals surface area contributed by atoms with Gasteiger partial charge in [-0.3, -0.25) is 0 Å². The lowest BCUT2D eigenvalue weighted by Crippen LogP contribution is -1.94. The lowest BCUT2D eigenvalue weighted by atomic mass is 10.3. The minimum Gasteiger partial charge on any atom is -0.362 e. The zero-order valence-electron chi connectivity index (χ0n) is 7.77. The van der Waals surface area contributed by atoms with Gasteiger partial charge in [0.15, 0.2) is 5.13 Å². The van der Waals surface area contributed by atoms with Gasteiger partial charge in [-0.15, -0.1) is 0 Å². The van der Waals surface area contributed by atoms with E-state index in [1.165, 1.54) is 0 Å². The third-order valence-electron chi connectivity index (χ3n) is 1.85. The fourth-order valence-corrected chi connectivity index (χ4v) is 3.32. The van der Waals surface area contributed by atoms with E-state index in [2.05, 4.69) is 26.2 Å². The van der Waals surface area contributed by atoms with Gasteiger partial charge in [-0.2, -0.15) is 0 Å². The molecule has 0 fully saturated rings. The van der Waals surface area contributed by atoms with Crippen LogP contribution in [0.5, 0.6) is 0 Å². The molecule has 2 rings (SSSR count). The van der Waals surface area contributed by atoms with Gasteiger partial charge in [-0.1, -0.05) is 34.5 Å². The summed E-state index contributed by atoms with van der Waals surface area (Å²) in [6, 6.07) is 1.93. The third-order valence-corrected chi connectivity index (χ3v) is 4.52. The van der Waals surface area contributed by atoms with Crippen LogP contribution in [-0.4, -0.2) is 11.5 Å². The van der Waals surface area contributed by atoms with E-state index in [0.29, 0.717) is 10.0 Å². The first-order chi connectivity index (χ1) is 7.13. The van der Waals surface area contributed by atoms with Crippen LogP contribution in [0, 0.1) is 0 Å². The molecule has 1 N–H and O–H groups in total. The Morgan fingerprint density at radius 2 is 2.20 bits per heavy atom. The maximum absolute atomic E-state index is 6.10. The second kappa shape index (κ2) is 4.45. The Balaban J connectivity index is 2.65. The first-order valence-corrected chi connectivity index (χ1v) is 6.68. The fourth-order valence-electron chi connectivity index (χ4n) is 1.20. The van der Waals surface area contributed by atoms with Gasteiger partial charge in [0.05, 0.1) is 14.7 Å². The van der Waals surface area contributed by atoms with Crippen molar-refractivity contribution in [3.63, 3.8) is 0 Å². The van der Waals surface area contributed by atoms with E-state index in [9.17, 15) is 0 Å². The quantitative estimate of drug-likeness (QED) is 0.802. The van der Waals surface area contributed by atoms with Crippen molar-refractivity contribution in [3.05, 3.63) is 20.6 Å². The number of hydrogen-bond donors (Lipinski definition) is 1. The number of halogens is 3. The van der Waals surface area contributed by atoms with Crippen LogP contribution < -0.4 is 5.32 Å². The van der Waals surface area contributed by atoms with Crippen LogP contribution in [0.1, 0.15) is 6.92 Å². The first-order valence-electron chi connectivity index (χ1n) is 4.31. The Bertz CT molecular complexity index is 512. The van der Waals surface area contributed by atoms with Crippen molar-refractivity contribution < 1.29 is 0 Å². The summed E-state index contributed by atoms with van der Waals surface area (Å²) in [5, 5.41) is 5.03. The number of fused-ring (bicyclic) bond motifs is 1. The van der Waals surface area contributed by atoms with Crippen LogP contribution in [0.25, 0.3) is 10.2 Å². The van der Waals surface area contributed by atoms with Gasteiger partial charge < -0.3 is 5.32 Å². The highest BCUT2D eigenvalue weighted by atomic mass is 79.9. The molecule has 0 atom stereocenters. The monoisotopic (exact) mass is 324 g/mol. The first kappa shape index (κ1) is 11.5. The smallest absolute Gasteiger partial charge is 0.183 e. The van der Waals surface area contributed by atoms with Gasteiger partial charge in [0.25, 0.3) is 0 Å². The van der Waals surface area contributed by atoms with Gasteiger partial charge >= 0.3 is 0 Å². The highest BCUT2D eigenvalue weighted by Crippen LogP contribution is 2.39. The van der Waals surface area contributed by atoms with Gasteiger partial charge in [0.2, 0.25) is 0 Å². The van der Waals surface area contributed by atoms with Gasteiger partial charge in [0.1, 0.15) is 5.52 Å². The number of nitrogens with one attached hydrogen (secondary N) is 1. The maximum Gasteiger partial charge on any atom is 0.183 e. The molecule has 0 aliphatic rings. The normalized spacial score (nSPS) is 10.9. The SMILES string of the molecule is CCNc1nc2c(Cl)c(Cl)c(Br)cc2s1. The number of anilines is 1. The van der Waals surface area contributed by atoms with Crippen LogP contribution in [-0.2, 0) is 0 Å². The van der Waals surface area contributed by atoms with Gasteiger partial charge in [-0.05, 0) is 28.9 Å². The molecule has 1 aromatic heterocycles. The Labute approximate surface area is 110 Å².